The summed E-state index contributed by atoms with van der Waals surface area (Å²) in [7, 11) is 0. The second-order valence-corrected chi connectivity index (χ2v) is 3.04. The van der Waals surface area contributed by atoms with E-state index in [1.165, 1.54) is 0 Å². The Morgan fingerprint density at radius 3 is 2.55 bits per heavy atom. The zero-order chi connectivity index (χ0) is 8.43. The van der Waals surface area contributed by atoms with Crippen LogP contribution < -0.4 is 0 Å². The summed E-state index contributed by atoms with van der Waals surface area (Å²) >= 11 is 4.22. The minimum Gasteiger partial charge on any atom is -0.192 e. The topological polar surface area (TPSA) is 23.8 Å². The fourth-order valence-corrected chi connectivity index (χ4v) is 1.22. The Hall–Kier alpha value is -0.940. The molecule has 0 aromatic heterocycles. The molecule has 0 heterocycles. The summed E-state index contributed by atoms with van der Waals surface area (Å²) < 4.78 is 0. The van der Waals surface area contributed by atoms with E-state index in [1.54, 1.807) is 0 Å². The summed E-state index contributed by atoms with van der Waals surface area (Å²) in [6.45, 7) is 3.93. The van der Waals surface area contributed by atoms with Gasteiger partial charge in [-0.05, 0) is 31.0 Å². The van der Waals surface area contributed by atoms with Gasteiger partial charge in [-0.3, -0.25) is 0 Å². The first-order valence-electron chi connectivity index (χ1n) is 3.35. The van der Waals surface area contributed by atoms with Crippen molar-refractivity contribution in [3.05, 3.63) is 28.8 Å². The van der Waals surface area contributed by atoms with Gasteiger partial charge in [0.15, 0.2) is 0 Å². The molecular weight excluding hydrogens is 154 g/mol. The quantitative estimate of drug-likeness (QED) is 0.583. The van der Waals surface area contributed by atoms with E-state index in [-0.39, 0.29) is 0 Å². The molecule has 0 radical (unpaired) electrons. The zero-order valence-corrected chi connectivity index (χ0v) is 7.44. The second-order valence-electron chi connectivity index (χ2n) is 2.59. The summed E-state index contributed by atoms with van der Waals surface area (Å²) in [5.41, 5.74) is 2.83. The van der Waals surface area contributed by atoms with Crippen molar-refractivity contribution >= 4 is 12.6 Å². The van der Waals surface area contributed by atoms with Crippen molar-refractivity contribution in [1.29, 1.82) is 5.26 Å². The van der Waals surface area contributed by atoms with Crippen LogP contribution in [0.25, 0.3) is 0 Å². The third-order valence-electron chi connectivity index (χ3n) is 1.57. The molecule has 0 fully saturated rings. The first kappa shape index (κ1) is 8.16. The Balaban J connectivity index is 3.39. The molecule has 2 heteroatoms. The lowest BCUT2D eigenvalue weighted by atomic mass is 10.1. The van der Waals surface area contributed by atoms with Crippen LogP contribution in [0.5, 0.6) is 0 Å². The van der Waals surface area contributed by atoms with Gasteiger partial charge in [-0.25, -0.2) is 0 Å². The summed E-state index contributed by atoms with van der Waals surface area (Å²) in [6, 6.07) is 5.96. The molecule has 0 spiro atoms. The van der Waals surface area contributed by atoms with Crippen LogP contribution in [0.15, 0.2) is 17.0 Å². The first-order valence-corrected chi connectivity index (χ1v) is 3.80. The summed E-state index contributed by atoms with van der Waals surface area (Å²) in [4.78, 5) is 0.790. The maximum absolute atomic E-state index is 8.67. The summed E-state index contributed by atoms with van der Waals surface area (Å²) in [5, 5.41) is 8.67. The molecule has 0 amide bonds. The average molecular weight is 163 g/mol. The first-order chi connectivity index (χ1) is 5.15. The van der Waals surface area contributed by atoms with E-state index in [9.17, 15) is 0 Å². The van der Waals surface area contributed by atoms with Gasteiger partial charge in [-0.2, -0.15) is 5.26 Å². The van der Waals surface area contributed by atoms with Gasteiger partial charge >= 0.3 is 0 Å². The van der Waals surface area contributed by atoms with Crippen LogP contribution in [0.3, 0.4) is 0 Å². The van der Waals surface area contributed by atoms with Gasteiger partial charge in [0, 0.05) is 4.90 Å². The standard InChI is InChI=1S/C9H9NS/c1-6-3-7(2)9(11)8(4-6)5-10/h3-4,11H,1-2H3. The molecule has 0 bridgehead atoms. The molecule has 0 saturated heterocycles. The Labute approximate surface area is 72.1 Å². The number of aryl methyl sites for hydroxylation is 2. The van der Waals surface area contributed by atoms with Crippen LogP contribution in [-0.2, 0) is 0 Å². The van der Waals surface area contributed by atoms with Crippen molar-refractivity contribution in [2.45, 2.75) is 18.7 Å². The Kier molecular flexibility index (Phi) is 2.21. The normalized spacial score (nSPS) is 9.27. The molecule has 0 aliphatic heterocycles. The molecular formula is C9H9NS. The Morgan fingerprint density at radius 1 is 1.36 bits per heavy atom. The largest absolute Gasteiger partial charge is 0.192 e. The van der Waals surface area contributed by atoms with Gasteiger partial charge in [0.05, 0.1) is 5.56 Å². The van der Waals surface area contributed by atoms with Gasteiger partial charge < -0.3 is 0 Å². The summed E-state index contributed by atoms with van der Waals surface area (Å²) in [6.07, 6.45) is 0. The van der Waals surface area contributed by atoms with Gasteiger partial charge in [0.1, 0.15) is 6.07 Å². The monoisotopic (exact) mass is 163 g/mol. The van der Waals surface area contributed by atoms with Crippen molar-refractivity contribution < 1.29 is 0 Å². The smallest absolute Gasteiger partial charge is 0.100 e. The number of hydrogen-bond donors (Lipinski definition) is 1. The van der Waals surface area contributed by atoms with E-state index >= 15 is 0 Å². The van der Waals surface area contributed by atoms with Gasteiger partial charge in [0.25, 0.3) is 0 Å². The zero-order valence-electron chi connectivity index (χ0n) is 6.55. The molecule has 1 nitrogen and oxygen atoms in total. The number of benzene rings is 1. The average Bonchev–Trinajstić information content (AvgIpc) is 1.96. The minimum atomic E-state index is 0.658. The third-order valence-corrected chi connectivity index (χ3v) is 2.16. The number of thiol groups is 1. The molecule has 0 saturated carbocycles. The van der Waals surface area contributed by atoms with Crippen LogP contribution in [0.4, 0.5) is 0 Å². The lowest BCUT2D eigenvalue weighted by molar-refractivity contribution is 1.24. The highest BCUT2D eigenvalue weighted by Gasteiger charge is 2.00. The van der Waals surface area contributed by atoms with Crippen molar-refractivity contribution in [2.24, 2.45) is 0 Å². The molecule has 1 aromatic rings. The highest BCUT2D eigenvalue weighted by Crippen LogP contribution is 2.19. The van der Waals surface area contributed by atoms with Crippen LogP contribution in [0, 0.1) is 25.2 Å². The van der Waals surface area contributed by atoms with Crippen LogP contribution in [0.2, 0.25) is 0 Å². The third kappa shape index (κ3) is 1.55. The minimum absolute atomic E-state index is 0.658. The highest BCUT2D eigenvalue weighted by molar-refractivity contribution is 7.80. The molecule has 1 aromatic carbocycles. The van der Waals surface area contributed by atoms with Gasteiger partial charge in [-0.1, -0.05) is 6.07 Å². The molecule has 0 N–H and O–H groups in total. The molecule has 56 valence electrons. The number of nitriles is 1. The highest BCUT2D eigenvalue weighted by atomic mass is 32.1. The van der Waals surface area contributed by atoms with Crippen LogP contribution >= 0.6 is 12.6 Å². The van der Waals surface area contributed by atoms with Crippen molar-refractivity contribution in [3.63, 3.8) is 0 Å². The van der Waals surface area contributed by atoms with E-state index in [0.29, 0.717) is 5.56 Å². The molecule has 0 aliphatic rings. The lowest BCUT2D eigenvalue weighted by Crippen LogP contribution is -1.85. The molecule has 0 unspecified atom stereocenters. The van der Waals surface area contributed by atoms with Gasteiger partial charge in [-0.15, -0.1) is 12.6 Å². The SMILES string of the molecule is Cc1cc(C)c(S)c(C#N)c1. The predicted molar refractivity (Wildman–Crippen MR) is 47.9 cm³/mol. The van der Waals surface area contributed by atoms with Crippen LogP contribution in [-0.4, -0.2) is 0 Å². The Bertz CT molecular complexity index is 323. The van der Waals surface area contributed by atoms with E-state index < -0.39 is 0 Å². The number of hydrogen-bond acceptors (Lipinski definition) is 2. The molecule has 11 heavy (non-hydrogen) atoms. The molecule has 0 aliphatic carbocycles. The fraction of sp³-hybridized carbons (Fsp3) is 0.222. The maximum Gasteiger partial charge on any atom is 0.100 e. The maximum atomic E-state index is 8.67. The lowest BCUT2D eigenvalue weighted by Gasteiger charge is -2.01. The van der Waals surface area contributed by atoms with E-state index in [1.807, 2.05) is 26.0 Å². The predicted octanol–water partition coefficient (Wildman–Crippen LogP) is 2.46. The van der Waals surface area contributed by atoms with Crippen molar-refractivity contribution in [3.8, 4) is 6.07 Å². The fourth-order valence-electron chi connectivity index (χ4n) is 1.05. The molecule has 1 rings (SSSR count). The number of nitrogens with zero attached hydrogens (tertiary/aromatic N) is 1. The van der Waals surface area contributed by atoms with E-state index in [2.05, 4.69) is 18.7 Å². The van der Waals surface area contributed by atoms with Crippen LogP contribution in [0.1, 0.15) is 16.7 Å². The van der Waals surface area contributed by atoms with Gasteiger partial charge in [0.2, 0.25) is 0 Å². The van der Waals surface area contributed by atoms with Crippen molar-refractivity contribution in [1.82, 2.24) is 0 Å². The number of rotatable bonds is 0. The van der Waals surface area contributed by atoms with E-state index in [0.717, 1.165) is 16.0 Å². The van der Waals surface area contributed by atoms with Crippen molar-refractivity contribution in [2.75, 3.05) is 0 Å². The van der Waals surface area contributed by atoms with E-state index in [4.69, 9.17) is 5.26 Å². The molecule has 0 atom stereocenters. The second kappa shape index (κ2) is 2.98. The summed E-state index contributed by atoms with van der Waals surface area (Å²) in [5.74, 6) is 0. The Morgan fingerprint density at radius 2 is 2.00 bits per heavy atom.